The number of benzene rings is 1. The van der Waals surface area contributed by atoms with E-state index in [2.05, 4.69) is 0 Å². The van der Waals surface area contributed by atoms with Crippen LogP contribution < -0.4 is 0 Å². The highest BCUT2D eigenvalue weighted by molar-refractivity contribution is 7.89. The summed E-state index contributed by atoms with van der Waals surface area (Å²) in [7, 11) is -1.64. The summed E-state index contributed by atoms with van der Waals surface area (Å²) in [4.78, 5) is 16.7. The van der Waals surface area contributed by atoms with E-state index in [-0.39, 0.29) is 10.8 Å². The number of rotatable bonds is 5. The molecule has 150 valence electrons. The van der Waals surface area contributed by atoms with Gasteiger partial charge in [0, 0.05) is 44.3 Å². The van der Waals surface area contributed by atoms with E-state index in [9.17, 15) is 13.2 Å². The van der Waals surface area contributed by atoms with Crippen molar-refractivity contribution < 1.29 is 13.2 Å². The van der Waals surface area contributed by atoms with Crippen LogP contribution in [-0.4, -0.2) is 74.2 Å². The quantitative estimate of drug-likeness (QED) is 0.743. The molecule has 0 N–H and O–H groups in total. The number of sulfonamides is 1. The summed E-state index contributed by atoms with van der Waals surface area (Å²) in [6, 6.07) is 6.70. The second kappa shape index (κ2) is 8.90. The first-order chi connectivity index (χ1) is 12.9. The summed E-state index contributed by atoms with van der Waals surface area (Å²) in [5.74, 6) is 0.132. The highest BCUT2D eigenvalue weighted by Crippen LogP contribution is 2.23. The normalized spacial score (nSPS) is 20.5. The predicted molar refractivity (Wildman–Crippen MR) is 106 cm³/mol. The molecule has 1 aromatic carbocycles. The Morgan fingerprint density at radius 3 is 2.44 bits per heavy atom. The van der Waals surface area contributed by atoms with Crippen molar-refractivity contribution in [3.63, 3.8) is 0 Å². The lowest BCUT2D eigenvalue weighted by Crippen LogP contribution is -2.52. The smallest absolute Gasteiger partial charge is 0.243 e. The summed E-state index contributed by atoms with van der Waals surface area (Å²) in [5.41, 5.74) is 0. The Hall–Kier alpha value is -1.15. The molecular formula is C19H28ClN3O3S. The number of carbonyl (C=O) groups excluding carboxylic acids is 1. The number of halogens is 1. The first-order valence-corrected chi connectivity index (χ1v) is 11.4. The topological polar surface area (TPSA) is 60.9 Å². The van der Waals surface area contributed by atoms with Gasteiger partial charge in [-0.25, -0.2) is 8.42 Å². The van der Waals surface area contributed by atoms with E-state index in [0.717, 1.165) is 12.8 Å². The van der Waals surface area contributed by atoms with Crippen molar-refractivity contribution in [1.82, 2.24) is 14.1 Å². The molecule has 2 aliphatic rings. The van der Waals surface area contributed by atoms with Gasteiger partial charge < -0.3 is 4.90 Å². The first-order valence-electron chi connectivity index (χ1n) is 9.61. The molecule has 0 radical (unpaired) electrons. The van der Waals surface area contributed by atoms with Crippen LogP contribution in [0.2, 0.25) is 5.02 Å². The summed E-state index contributed by atoms with van der Waals surface area (Å²) in [6.45, 7) is 2.25. The molecule has 1 saturated carbocycles. The lowest BCUT2D eigenvalue weighted by atomic mass is 9.94. The fraction of sp³-hybridized carbons (Fsp3) is 0.632. The standard InChI is InChI=1S/C19H28ClN3O3S/c1-21(17-7-3-2-4-8-17)19(24)15-22-10-12-23(13-11-22)27(25,26)18-9-5-6-16(20)14-18/h5-6,9,14,17H,2-4,7-8,10-13,15H2,1H3. The van der Waals surface area contributed by atoms with Gasteiger partial charge in [0.2, 0.25) is 15.9 Å². The van der Waals surface area contributed by atoms with Crippen LogP contribution in [0.4, 0.5) is 0 Å². The minimum absolute atomic E-state index is 0.132. The second-order valence-corrected chi connectivity index (χ2v) is 9.81. The molecule has 2 fully saturated rings. The first kappa shape index (κ1) is 20.6. The summed E-state index contributed by atoms with van der Waals surface area (Å²) >= 11 is 5.93. The number of likely N-dealkylation sites (N-methyl/N-ethyl adjacent to an activating group) is 1. The molecule has 1 saturated heterocycles. The summed E-state index contributed by atoms with van der Waals surface area (Å²) in [6.07, 6.45) is 5.84. The van der Waals surface area contributed by atoms with Crippen LogP contribution in [0.15, 0.2) is 29.2 Å². The maximum absolute atomic E-state index is 12.8. The highest BCUT2D eigenvalue weighted by atomic mass is 35.5. The summed E-state index contributed by atoms with van der Waals surface area (Å²) in [5, 5.41) is 0.408. The number of nitrogens with zero attached hydrogens (tertiary/aromatic N) is 3. The van der Waals surface area contributed by atoms with Crippen LogP contribution in [0.3, 0.4) is 0 Å². The minimum atomic E-state index is -3.54. The van der Waals surface area contributed by atoms with Gasteiger partial charge in [0.05, 0.1) is 11.4 Å². The van der Waals surface area contributed by atoms with Crippen molar-refractivity contribution in [2.75, 3.05) is 39.8 Å². The molecule has 8 heteroatoms. The third kappa shape index (κ3) is 5.02. The third-order valence-electron chi connectivity index (χ3n) is 5.64. The molecule has 1 heterocycles. The number of hydrogen-bond donors (Lipinski definition) is 0. The maximum atomic E-state index is 12.8. The lowest BCUT2D eigenvalue weighted by molar-refractivity contribution is -0.134. The maximum Gasteiger partial charge on any atom is 0.243 e. The highest BCUT2D eigenvalue weighted by Gasteiger charge is 2.30. The molecule has 1 amide bonds. The van der Waals surface area contributed by atoms with Crippen molar-refractivity contribution >= 4 is 27.5 Å². The van der Waals surface area contributed by atoms with Gasteiger partial charge in [-0.15, -0.1) is 0 Å². The van der Waals surface area contributed by atoms with Gasteiger partial charge in [0.25, 0.3) is 0 Å². The van der Waals surface area contributed by atoms with Crippen LogP contribution >= 0.6 is 11.6 Å². The van der Waals surface area contributed by atoms with Crippen molar-refractivity contribution in [3.8, 4) is 0 Å². The van der Waals surface area contributed by atoms with Crippen molar-refractivity contribution in [2.24, 2.45) is 0 Å². The SMILES string of the molecule is CN(C(=O)CN1CCN(S(=O)(=O)c2cccc(Cl)c2)CC1)C1CCCCC1. The molecular weight excluding hydrogens is 386 g/mol. The van der Waals surface area contributed by atoms with E-state index in [4.69, 9.17) is 11.6 Å². The lowest BCUT2D eigenvalue weighted by Gasteiger charge is -2.36. The molecule has 0 unspecified atom stereocenters. The van der Waals surface area contributed by atoms with E-state index >= 15 is 0 Å². The second-order valence-electron chi connectivity index (χ2n) is 7.43. The molecule has 0 spiro atoms. The molecule has 3 rings (SSSR count). The number of piperazine rings is 1. The van der Waals surface area contributed by atoms with Crippen LogP contribution in [-0.2, 0) is 14.8 Å². The number of carbonyl (C=O) groups is 1. The molecule has 27 heavy (non-hydrogen) atoms. The monoisotopic (exact) mass is 413 g/mol. The summed E-state index contributed by atoms with van der Waals surface area (Å²) < 4.78 is 27.0. The van der Waals surface area contributed by atoms with E-state index in [1.165, 1.54) is 29.6 Å². The Morgan fingerprint density at radius 1 is 1.15 bits per heavy atom. The van der Waals surface area contributed by atoms with Crippen molar-refractivity contribution in [3.05, 3.63) is 29.3 Å². The van der Waals surface area contributed by atoms with Gasteiger partial charge in [-0.2, -0.15) is 4.31 Å². The van der Waals surface area contributed by atoms with Crippen molar-refractivity contribution in [2.45, 2.75) is 43.0 Å². The Labute approximate surface area is 167 Å². The van der Waals surface area contributed by atoms with E-state index in [1.54, 1.807) is 18.2 Å². The Balaban J connectivity index is 1.53. The van der Waals surface area contributed by atoms with Crippen LogP contribution in [0.5, 0.6) is 0 Å². The van der Waals surface area contributed by atoms with Crippen LogP contribution in [0, 0.1) is 0 Å². The van der Waals surface area contributed by atoms with Crippen LogP contribution in [0.1, 0.15) is 32.1 Å². The van der Waals surface area contributed by atoms with Gasteiger partial charge in [-0.3, -0.25) is 9.69 Å². The van der Waals surface area contributed by atoms with E-state index in [0.29, 0.717) is 43.8 Å². The molecule has 0 aromatic heterocycles. The van der Waals surface area contributed by atoms with Crippen LogP contribution in [0.25, 0.3) is 0 Å². The third-order valence-corrected chi connectivity index (χ3v) is 7.77. The molecule has 6 nitrogen and oxygen atoms in total. The molecule has 1 aliphatic heterocycles. The number of hydrogen-bond acceptors (Lipinski definition) is 4. The predicted octanol–water partition coefficient (Wildman–Crippen LogP) is 2.44. The molecule has 1 aliphatic carbocycles. The van der Waals surface area contributed by atoms with Gasteiger partial charge in [0.15, 0.2) is 0 Å². The zero-order chi connectivity index (χ0) is 19.4. The average Bonchev–Trinajstić information content (AvgIpc) is 2.68. The minimum Gasteiger partial charge on any atom is -0.342 e. The van der Waals surface area contributed by atoms with E-state index in [1.807, 2.05) is 16.8 Å². The fourth-order valence-electron chi connectivity index (χ4n) is 3.88. The fourth-order valence-corrected chi connectivity index (χ4v) is 5.60. The molecule has 1 aromatic rings. The van der Waals surface area contributed by atoms with Gasteiger partial charge >= 0.3 is 0 Å². The van der Waals surface area contributed by atoms with Gasteiger partial charge in [0.1, 0.15) is 0 Å². The zero-order valence-electron chi connectivity index (χ0n) is 15.8. The average molecular weight is 414 g/mol. The Morgan fingerprint density at radius 2 is 1.81 bits per heavy atom. The van der Waals surface area contributed by atoms with Crippen molar-refractivity contribution in [1.29, 1.82) is 0 Å². The van der Waals surface area contributed by atoms with Gasteiger partial charge in [-0.05, 0) is 31.0 Å². The zero-order valence-corrected chi connectivity index (χ0v) is 17.4. The molecule has 0 bridgehead atoms. The van der Waals surface area contributed by atoms with Gasteiger partial charge in [-0.1, -0.05) is 36.9 Å². The largest absolute Gasteiger partial charge is 0.342 e. The molecule has 0 atom stereocenters. The van der Waals surface area contributed by atoms with E-state index < -0.39 is 10.0 Å². The number of amides is 1. The Kier molecular flexibility index (Phi) is 6.78. The Bertz CT molecular complexity index is 757.